The molecule has 2 fully saturated rings. The molecule has 40 heavy (non-hydrogen) atoms. The van der Waals surface area contributed by atoms with Crippen LogP contribution >= 0.6 is 0 Å². The van der Waals surface area contributed by atoms with E-state index in [0.29, 0.717) is 17.7 Å². The molecular formula is C31H43N9. The number of anilines is 1. The Labute approximate surface area is 238 Å². The zero-order chi connectivity index (χ0) is 28.2. The van der Waals surface area contributed by atoms with Gasteiger partial charge in [-0.2, -0.15) is 10.1 Å². The predicted molar refractivity (Wildman–Crippen MR) is 163 cm³/mol. The zero-order valence-electron chi connectivity index (χ0n) is 24.8. The lowest BCUT2D eigenvalue weighted by Gasteiger charge is -2.32. The normalized spacial score (nSPS) is 19.0. The van der Waals surface area contributed by atoms with Crippen LogP contribution in [0.25, 0.3) is 17.1 Å². The summed E-state index contributed by atoms with van der Waals surface area (Å²) in [4.78, 5) is 26.1. The van der Waals surface area contributed by atoms with Gasteiger partial charge in [0.25, 0.3) is 5.95 Å². The summed E-state index contributed by atoms with van der Waals surface area (Å²) in [6.07, 6.45) is 7.19. The predicted octanol–water partition coefficient (Wildman–Crippen LogP) is 4.99. The minimum absolute atomic E-state index is 0.618. The van der Waals surface area contributed by atoms with Crippen LogP contribution in [0.3, 0.4) is 0 Å². The van der Waals surface area contributed by atoms with E-state index in [1.165, 1.54) is 17.5 Å². The monoisotopic (exact) mass is 541 g/mol. The second-order valence-corrected chi connectivity index (χ2v) is 11.6. The molecule has 2 saturated heterocycles. The van der Waals surface area contributed by atoms with Crippen LogP contribution in [-0.4, -0.2) is 86.6 Å². The summed E-state index contributed by atoms with van der Waals surface area (Å²) in [5, 5.41) is 4.38. The molecule has 1 atom stereocenters. The number of aryl methyl sites for hydroxylation is 2. The van der Waals surface area contributed by atoms with Crippen LogP contribution < -0.4 is 4.90 Å². The van der Waals surface area contributed by atoms with Crippen molar-refractivity contribution in [3.05, 3.63) is 54.1 Å². The number of benzene rings is 1. The Morgan fingerprint density at radius 1 is 1.05 bits per heavy atom. The Hall–Kier alpha value is -3.43. The van der Waals surface area contributed by atoms with Crippen molar-refractivity contribution in [2.24, 2.45) is 10.9 Å². The van der Waals surface area contributed by atoms with Crippen molar-refractivity contribution in [3.63, 3.8) is 0 Å². The van der Waals surface area contributed by atoms with Gasteiger partial charge in [0.05, 0.1) is 18.1 Å². The van der Waals surface area contributed by atoms with Crippen molar-refractivity contribution in [3.8, 4) is 11.4 Å². The van der Waals surface area contributed by atoms with Crippen LogP contribution in [0.2, 0.25) is 0 Å². The van der Waals surface area contributed by atoms with Crippen LogP contribution in [0, 0.1) is 19.8 Å². The first-order chi connectivity index (χ1) is 19.2. The van der Waals surface area contributed by atoms with Crippen molar-refractivity contribution in [1.82, 2.24) is 34.5 Å². The number of allylic oxidation sites excluding steroid dienone is 1. The third kappa shape index (κ3) is 6.82. The highest BCUT2D eigenvalue weighted by Crippen LogP contribution is 2.28. The Morgan fingerprint density at radius 2 is 1.80 bits per heavy atom. The summed E-state index contributed by atoms with van der Waals surface area (Å²) < 4.78 is 1.71. The van der Waals surface area contributed by atoms with Crippen LogP contribution in [0.15, 0.2) is 42.2 Å². The molecule has 0 bridgehead atoms. The molecule has 0 aliphatic carbocycles. The lowest BCUT2D eigenvalue weighted by Crippen LogP contribution is -2.43. The average molecular weight is 542 g/mol. The third-order valence-corrected chi connectivity index (χ3v) is 8.09. The van der Waals surface area contributed by atoms with Gasteiger partial charge < -0.3 is 9.80 Å². The van der Waals surface area contributed by atoms with Crippen LogP contribution in [-0.2, 0) is 6.54 Å². The first-order valence-electron chi connectivity index (χ1n) is 14.5. The van der Waals surface area contributed by atoms with E-state index in [9.17, 15) is 0 Å². The molecule has 212 valence electrons. The maximum absolute atomic E-state index is 4.77. The highest BCUT2D eigenvalue weighted by Gasteiger charge is 2.23. The molecular weight excluding hydrogens is 498 g/mol. The standard InChI is InChI=1S/C31H43N9/c1-22(2)40-31(35-25(5)36-40)34-24(4)7-8-26-11-12-39(21-26)28-18-32-30(33-19-28)29-10-9-27(17-23(29)3)20-38-15-13-37(6)14-16-38/h9-10,17-19,26H,1,7-8,11-16,20-21H2,2-6H3/t26-/m1/s1. The maximum atomic E-state index is 4.77. The quantitative estimate of drug-likeness (QED) is 0.353. The second kappa shape index (κ2) is 12.4. The van der Waals surface area contributed by atoms with E-state index in [4.69, 9.17) is 15.0 Å². The Morgan fingerprint density at radius 3 is 2.50 bits per heavy atom. The molecule has 9 heteroatoms. The molecule has 4 heterocycles. The number of aromatic nitrogens is 5. The van der Waals surface area contributed by atoms with Gasteiger partial charge in [-0.3, -0.25) is 4.90 Å². The molecule has 3 aromatic rings. The molecule has 1 aromatic carbocycles. The molecule has 0 saturated carbocycles. The summed E-state index contributed by atoms with van der Waals surface area (Å²) in [6, 6.07) is 6.72. The van der Waals surface area contributed by atoms with E-state index in [2.05, 4.69) is 70.5 Å². The summed E-state index contributed by atoms with van der Waals surface area (Å²) in [7, 11) is 2.20. The lowest BCUT2D eigenvalue weighted by molar-refractivity contribution is 0.148. The summed E-state index contributed by atoms with van der Waals surface area (Å²) in [5.74, 6) is 2.75. The second-order valence-electron chi connectivity index (χ2n) is 11.6. The van der Waals surface area contributed by atoms with Gasteiger partial charge >= 0.3 is 0 Å². The fourth-order valence-corrected chi connectivity index (χ4v) is 5.64. The van der Waals surface area contributed by atoms with Gasteiger partial charge in [0.15, 0.2) is 5.82 Å². The van der Waals surface area contributed by atoms with Crippen molar-refractivity contribution in [1.29, 1.82) is 0 Å². The third-order valence-electron chi connectivity index (χ3n) is 8.09. The van der Waals surface area contributed by atoms with Gasteiger partial charge in [-0.25, -0.2) is 19.6 Å². The fourth-order valence-electron chi connectivity index (χ4n) is 5.64. The van der Waals surface area contributed by atoms with E-state index in [0.717, 1.165) is 87.1 Å². The summed E-state index contributed by atoms with van der Waals surface area (Å²) >= 11 is 0. The molecule has 2 aliphatic heterocycles. The summed E-state index contributed by atoms with van der Waals surface area (Å²) in [6.45, 7) is 19.6. The van der Waals surface area contributed by atoms with E-state index in [1.807, 2.05) is 26.2 Å². The number of nitrogens with zero attached hydrogens (tertiary/aromatic N) is 9. The molecule has 0 N–H and O–H groups in total. The van der Waals surface area contributed by atoms with Crippen LogP contribution in [0.1, 0.15) is 50.1 Å². The molecule has 0 amide bonds. The van der Waals surface area contributed by atoms with Crippen LogP contribution in [0.5, 0.6) is 0 Å². The van der Waals surface area contributed by atoms with Crippen LogP contribution in [0.4, 0.5) is 11.6 Å². The minimum atomic E-state index is 0.618. The number of aliphatic imine (C=N–C) groups is 1. The van der Waals surface area contributed by atoms with E-state index in [1.54, 1.807) is 4.68 Å². The first-order valence-corrected chi connectivity index (χ1v) is 14.5. The Balaban J connectivity index is 1.14. The number of rotatable bonds is 9. The molecule has 0 spiro atoms. The van der Waals surface area contributed by atoms with Crippen molar-refractivity contribution >= 4 is 23.0 Å². The van der Waals surface area contributed by atoms with Crippen molar-refractivity contribution < 1.29 is 0 Å². The average Bonchev–Trinajstić information content (AvgIpc) is 3.56. The van der Waals surface area contributed by atoms with Gasteiger partial charge in [0.1, 0.15) is 5.82 Å². The lowest BCUT2D eigenvalue weighted by atomic mass is 10.0. The SMILES string of the molecule is C=C(C)n1nc(C)nc1N=C(C)CC[C@@H]1CCN(c2cnc(-c3ccc(CN4CCN(C)CC4)cc3C)nc2)C1. The Bertz CT molecular complexity index is 1350. The smallest absolute Gasteiger partial charge is 0.252 e. The van der Waals surface area contributed by atoms with E-state index in [-0.39, 0.29) is 0 Å². The number of piperazine rings is 1. The van der Waals surface area contributed by atoms with Gasteiger partial charge in [0.2, 0.25) is 0 Å². The summed E-state index contributed by atoms with van der Waals surface area (Å²) in [5.41, 5.74) is 6.70. The number of hydrogen-bond acceptors (Lipinski definition) is 8. The molecule has 2 aliphatic rings. The Kier molecular flexibility index (Phi) is 8.71. The highest BCUT2D eigenvalue weighted by molar-refractivity contribution is 5.84. The van der Waals surface area contributed by atoms with Gasteiger partial charge in [-0.15, -0.1) is 0 Å². The van der Waals surface area contributed by atoms with E-state index >= 15 is 0 Å². The van der Waals surface area contributed by atoms with Gasteiger partial charge in [-0.05, 0) is 71.0 Å². The van der Waals surface area contributed by atoms with Gasteiger partial charge in [0, 0.05) is 62.8 Å². The molecule has 0 unspecified atom stereocenters. The maximum Gasteiger partial charge on any atom is 0.252 e. The van der Waals surface area contributed by atoms with Crippen molar-refractivity contribution in [2.45, 2.75) is 53.5 Å². The van der Waals surface area contributed by atoms with Gasteiger partial charge in [-0.1, -0.05) is 24.8 Å². The number of likely N-dealkylation sites (N-methyl/N-ethyl adjacent to an activating group) is 1. The molecule has 9 nitrogen and oxygen atoms in total. The van der Waals surface area contributed by atoms with Crippen molar-refractivity contribution in [2.75, 3.05) is 51.2 Å². The molecule has 0 radical (unpaired) electrons. The minimum Gasteiger partial charge on any atom is -0.369 e. The fraction of sp³-hybridized carbons (Fsp3) is 0.516. The molecule has 2 aromatic heterocycles. The first kappa shape index (κ1) is 28.1. The topological polar surface area (TPSA) is 78.6 Å². The van der Waals surface area contributed by atoms with E-state index < -0.39 is 0 Å². The highest BCUT2D eigenvalue weighted by atomic mass is 15.4. The molecule has 5 rings (SSSR count). The number of hydrogen-bond donors (Lipinski definition) is 0. The largest absolute Gasteiger partial charge is 0.369 e. The zero-order valence-corrected chi connectivity index (χ0v) is 24.8.